The minimum atomic E-state index is -0.261. The molecule has 0 aliphatic carbocycles. The molecule has 0 fully saturated rings. The van der Waals surface area contributed by atoms with Crippen molar-refractivity contribution >= 4 is 11.8 Å². The summed E-state index contributed by atoms with van der Waals surface area (Å²) in [6, 6.07) is 13.3. The van der Waals surface area contributed by atoms with Crippen LogP contribution in [-0.2, 0) is 5.41 Å². The van der Waals surface area contributed by atoms with Gasteiger partial charge in [-0.05, 0) is 41.7 Å². The molecular weight excluding hydrogens is 302 g/mol. The van der Waals surface area contributed by atoms with Crippen molar-refractivity contribution in [2.24, 2.45) is 0 Å². The Kier molecular flexibility index (Phi) is 6.18. The van der Waals surface area contributed by atoms with E-state index in [2.05, 4.69) is 48.5 Å². The lowest BCUT2D eigenvalue weighted by Crippen LogP contribution is -2.30. The van der Waals surface area contributed by atoms with E-state index in [-0.39, 0.29) is 11.4 Å². The highest BCUT2D eigenvalue weighted by molar-refractivity contribution is 5.88. The molecule has 0 spiro atoms. The van der Waals surface area contributed by atoms with Crippen LogP contribution in [0, 0.1) is 0 Å². The van der Waals surface area contributed by atoms with E-state index in [0.29, 0.717) is 19.0 Å². The van der Waals surface area contributed by atoms with E-state index in [9.17, 15) is 4.79 Å². The van der Waals surface area contributed by atoms with Crippen molar-refractivity contribution in [2.45, 2.75) is 32.6 Å². The lowest BCUT2D eigenvalue weighted by Gasteiger charge is -2.19. The van der Waals surface area contributed by atoms with Gasteiger partial charge in [0.1, 0.15) is 11.6 Å². The van der Waals surface area contributed by atoms with Gasteiger partial charge in [0.2, 0.25) is 0 Å². The molecule has 0 atom stereocenters. The standard InChI is InChI=1S/C19H25N3O2/c1-19(2,3)15-8-10-16(11-9-15)24-14-6-13-21-18(23)22-17-7-4-5-12-20-17/h4-5,7-12H,6,13-14H2,1-3H3,(H2,20,21,22,23). The minimum absolute atomic E-state index is 0.142. The number of carbonyl (C=O) groups excluding carboxylic acids is 1. The van der Waals surface area contributed by atoms with Crippen molar-refractivity contribution in [2.75, 3.05) is 18.5 Å². The molecule has 0 bridgehead atoms. The van der Waals surface area contributed by atoms with Crippen LogP contribution in [-0.4, -0.2) is 24.2 Å². The van der Waals surface area contributed by atoms with Gasteiger partial charge in [0.05, 0.1) is 6.61 Å². The van der Waals surface area contributed by atoms with Crippen molar-refractivity contribution in [1.82, 2.24) is 10.3 Å². The number of rotatable bonds is 6. The molecule has 2 amide bonds. The second kappa shape index (κ2) is 8.34. The number of carbonyl (C=O) groups is 1. The summed E-state index contributed by atoms with van der Waals surface area (Å²) in [5.41, 5.74) is 1.42. The third-order valence-electron chi connectivity index (χ3n) is 3.50. The number of amides is 2. The summed E-state index contributed by atoms with van der Waals surface area (Å²) in [4.78, 5) is 15.7. The summed E-state index contributed by atoms with van der Waals surface area (Å²) in [5.74, 6) is 1.38. The van der Waals surface area contributed by atoms with Crippen molar-refractivity contribution in [3.8, 4) is 5.75 Å². The Labute approximate surface area is 143 Å². The van der Waals surface area contributed by atoms with Gasteiger partial charge in [-0.2, -0.15) is 0 Å². The predicted molar refractivity (Wildman–Crippen MR) is 96.5 cm³/mol. The van der Waals surface area contributed by atoms with Crippen LogP contribution < -0.4 is 15.4 Å². The van der Waals surface area contributed by atoms with Crippen molar-refractivity contribution in [1.29, 1.82) is 0 Å². The summed E-state index contributed by atoms with van der Waals surface area (Å²) < 4.78 is 5.69. The van der Waals surface area contributed by atoms with E-state index in [1.54, 1.807) is 18.3 Å². The van der Waals surface area contributed by atoms with E-state index >= 15 is 0 Å². The van der Waals surface area contributed by atoms with Crippen LogP contribution in [0.15, 0.2) is 48.7 Å². The van der Waals surface area contributed by atoms with Gasteiger partial charge in [-0.15, -0.1) is 0 Å². The topological polar surface area (TPSA) is 63.2 Å². The molecule has 0 radical (unpaired) electrons. The lowest BCUT2D eigenvalue weighted by atomic mass is 9.87. The molecule has 0 saturated heterocycles. The van der Waals surface area contributed by atoms with E-state index in [1.807, 2.05) is 18.2 Å². The zero-order valence-corrected chi connectivity index (χ0v) is 14.5. The molecule has 5 heteroatoms. The van der Waals surface area contributed by atoms with Crippen LogP contribution in [0.1, 0.15) is 32.8 Å². The van der Waals surface area contributed by atoms with Crippen LogP contribution in [0.2, 0.25) is 0 Å². The first kappa shape index (κ1) is 17.8. The zero-order valence-electron chi connectivity index (χ0n) is 14.5. The number of nitrogens with one attached hydrogen (secondary N) is 2. The zero-order chi connectivity index (χ0) is 17.4. The largest absolute Gasteiger partial charge is 0.494 e. The van der Waals surface area contributed by atoms with Gasteiger partial charge in [0.15, 0.2) is 0 Å². The molecule has 0 aliphatic heterocycles. The first-order chi connectivity index (χ1) is 11.4. The highest BCUT2D eigenvalue weighted by Crippen LogP contribution is 2.24. The Bertz CT molecular complexity index is 634. The van der Waals surface area contributed by atoms with Gasteiger partial charge in [-0.3, -0.25) is 5.32 Å². The predicted octanol–water partition coefficient (Wildman–Crippen LogP) is 3.97. The average molecular weight is 327 g/mol. The summed E-state index contributed by atoms with van der Waals surface area (Å²) in [6.45, 7) is 7.65. The van der Waals surface area contributed by atoms with E-state index < -0.39 is 0 Å². The molecule has 1 heterocycles. The molecule has 0 saturated carbocycles. The van der Waals surface area contributed by atoms with Gasteiger partial charge >= 0.3 is 6.03 Å². The SMILES string of the molecule is CC(C)(C)c1ccc(OCCCNC(=O)Nc2ccccn2)cc1. The molecule has 1 aromatic heterocycles. The molecule has 1 aromatic carbocycles. The van der Waals surface area contributed by atoms with Gasteiger partial charge in [-0.1, -0.05) is 39.0 Å². The number of aromatic nitrogens is 1. The van der Waals surface area contributed by atoms with Crippen LogP contribution in [0.5, 0.6) is 5.75 Å². The molecular formula is C19H25N3O2. The number of urea groups is 1. The van der Waals surface area contributed by atoms with Gasteiger partial charge in [-0.25, -0.2) is 9.78 Å². The fourth-order valence-electron chi connectivity index (χ4n) is 2.11. The van der Waals surface area contributed by atoms with Crippen LogP contribution in [0.25, 0.3) is 0 Å². The Morgan fingerprint density at radius 1 is 1.12 bits per heavy atom. The molecule has 128 valence electrons. The van der Waals surface area contributed by atoms with Crippen LogP contribution in [0.3, 0.4) is 0 Å². The first-order valence-electron chi connectivity index (χ1n) is 8.14. The number of benzene rings is 1. The lowest BCUT2D eigenvalue weighted by molar-refractivity contribution is 0.250. The summed E-state index contributed by atoms with van der Waals surface area (Å²) >= 11 is 0. The molecule has 2 N–H and O–H groups in total. The van der Waals surface area contributed by atoms with Gasteiger partial charge < -0.3 is 10.1 Å². The number of anilines is 1. The smallest absolute Gasteiger partial charge is 0.320 e. The molecule has 0 aliphatic rings. The molecule has 2 aromatic rings. The maximum atomic E-state index is 11.7. The normalized spacial score (nSPS) is 11.0. The van der Waals surface area contributed by atoms with Crippen molar-refractivity contribution < 1.29 is 9.53 Å². The van der Waals surface area contributed by atoms with E-state index in [4.69, 9.17) is 4.74 Å². The van der Waals surface area contributed by atoms with E-state index in [0.717, 1.165) is 12.2 Å². The number of pyridine rings is 1. The second-order valence-corrected chi connectivity index (χ2v) is 6.57. The van der Waals surface area contributed by atoms with Gasteiger partial charge in [0, 0.05) is 12.7 Å². The summed E-state index contributed by atoms with van der Waals surface area (Å²) in [7, 11) is 0. The highest BCUT2D eigenvalue weighted by Gasteiger charge is 2.12. The van der Waals surface area contributed by atoms with Crippen LogP contribution in [0.4, 0.5) is 10.6 Å². The Hall–Kier alpha value is -2.56. The fraction of sp³-hybridized carbons (Fsp3) is 0.368. The highest BCUT2D eigenvalue weighted by atomic mass is 16.5. The van der Waals surface area contributed by atoms with Crippen molar-refractivity contribution in [3.63, 3.8) is 0 Å². The molecule has 2 rings (SSSR count). The quantitative estimate of drug-likeness (QED) is 0.789. The maximum Gasteiger partial charge on any atom is 0.320 e. The second-order valence-electron chi connectivity index (χ2n) is 6.57. The average Bonchev–Trinajstić information content (AvgIpc) is 2.55. The number of hydrogen-bond acceptors (Lipinski definition) is 3. The Balaban J connectivity index is 1.63. The first-order valence-corrected chi connectivity index (χ1v) is 8.14. The Morgan fingerprint density at radius 2 is 1.88 bits per heavy atom. The summed E-state index contributed by atoms with van der Waals surface area (Å²) in [6.07, 6.45) is 2.37. The number of nitrogens with zero attached hydrogens (tertiary/aromatic N) is 1. The summed E-state index contributed by atoms with van der Waals surface area (Å²) in [5, 5.41) is 5.45. The van der Waals surface area contributed by atoms with Gasteiger partial charge in [0.25, 0.3) is 0 Å². The minimum Gasteiger partial charge on any atom is -0.494 e. The van der Waals surface area contributed by atoms with Crippen LogP contribution >= 0.6 is 0 Å². The van der Waals surface area contributed by atoms with Crippen molar-refractivity contribution in [3.05, 3.63) is 54.2 Å². The fourth-order valence-corrected chi connectivity index (χ4v) is 2.11. The number of ether oxygens (including phenoxy) is 1. The third-order valence-corrected chi connectivity index (χ3v) is 3.50. The third kappa shape index (κ3) is 5.91. The van der Waals surface area contributed by atoms with E-state index in [1.165, 1.54) is 5.56 Å². The molecule has 5 nitrogen and oxygen atoms in total. The Morgan fingerprint density at radius 3 is 2.50 bits per heavy atom. The molecule has 0 unspecified atom stereocenters. The monoisotopic (exact) mass is 327 g/mol. The maximum absolute atomic E-state index is 11.7. The number of hydrogen-bond donors (Lipinski definition) is 2. The molecule has 24 heavy (non-hydrogen) atoms.